The normalized spacial score (nSPS) is 10.3. The van der Waals surface area contributed by atoms with Gasteiger partial charge in [-0.25, -0.2) is 4.39 Å². The van der Waals surface area contributed by atoms with E-state index in [4.69, 9.17) is 16.3 Å². The van der Waals surface area contributed by atoms with Gasteiger partial charge in [0.2, 0.25) is 0 Å². The summed E-state index contributed by atoms with van der Waals surface area (Å²) < 4.78 is 18.6. The van der Waals surface area contributed by atoms with Crippen LogP contribution in [0.1, 0.15) is 17.4 Å². The lowest BCUT2D eigenvalue weighted by atomic mass is 10.2. The van der Waals surface area contributed by atoms with Crippen LogP contribution in [0.5, 0.6) is 5.75 Å². The van der Waals surface area contributed by atoms with Crippen LogP contribution >= 0.6 is 11.6 Å². The molecule has 0 spiro atoms. The summed E-state index contributed by atoms with van der Waals surface area (Å²) in [6.45, 7) is 2.53. The van der Waals surface area contributed by atoms with Gasteiger partial charge in [-0.2, -0.15) is 0 Å². The molecule has 2 N–H and O–H groups in total. The molecular weight excluding hydrogens is 369 g/mol. The van der Waals surface area contributed by atoms with Crippen molar-refractivity contribution in [3.05, 3.63) is 77.3 Å². The number of rotatable bonds is 6. The van der Waals surface area contributed by atoms with Gasteiger partial charge in [-0.15, -0.1) is 0 Å². The number of carbonyl (C=O) groups is 1. The molecule has 0 saturated carbocycles. The van der Waals surface area contributed by atoms with E-state index < -0.39 is 11.7 Å². The lowest BCUT2D eigenvalue weighted by molar-refractivity contribution is 0.102. The molecule has 1 amide bonds. The number of nitrogens with zero attached hydrogens (tertiary/aromatic N) is 1. The third-order valence-corrected chi connectivity index (χ3v) is 3.91. The maximum Gasteiger partial charge on any atom is 0.274 e. The molecule has 0 saturated heterocycles. The molecule has 0 aliphatic carbocycles. The van der Waals surface area contributed by atoms with Crippen LogP contribution in [0.15, 0.2) is 60.8 Å². The number of hydrogen-bond acceptors (Lipinski definition) is 4. The van der Waals surface area contributed by atoms with Crippen molar-refractivity contribution in [2.75, 3.05) is 17.2 Å². The molecule has 2 aromatic carbocycles. The average molecular weight is 386 g/mol. The van der Waals surface area contributed by atoms with Gasteiger partial charge in [-0.1, -0.05) is 11.6 Å². The minimum Gasteiger partial charge on any atom is -0.494 e. The van der Waals surface area contributed by atoms with Gasteiger partial charge in [0.05, 0.1) is 11.6 Å². The van der Waals surface area contributed by atoms with Gasteiger partial charge in [0.15, 0.2) is 0 Å². The quantitative estimate of drug-likeness (QED) is 0.606. The van der Waals surface area contributed by atoms with Crippen molar-refractivity contribution in [1.82, 2.24) is 4.98 Å². The highest BCUT2D eigenvalue weighted by Gasteiger charge is 2.10. The van der Waals surface area contributed by atoms with Crippen molar-refractivity contribution in [2.24, 2.45) is 0 Å². The summed E-state index contributed by atoms with van der Waals surface area (Å²) in [5.74, 6) is -0.182. The highest BCUT2D eigenvalue weighted by Crippen LogP contribution is 2.22. The van der Waals surface area contributed by atoms with Gasteiger partial charge in [0, 0.05) is 23.3 Å². The minimum atomic E-state index is -0.547. The summed E-state index contributed by atoms with van der Waals surface area (Å²) in [4.78, 5) is 16.5. The molecule has 1 aromatic heterocycles. The molecular formula is C20H17ClFN3O2. The van der Waals surface area contributed by atoms with Gasteiger partial charge in [-0.05, 0) is 61.5 Å². The average Bonchev–Trinajstić information content (AvgIpc) is 2.67. The van der Waals surface area contributed by atoms with E-state index in [9.17, 15) is 9.18 Å². The van der Waals surface area contributed by atoms with E-state index in [-0.39, 0.29) is 10.7 Å². The number of nitrogens with one attached hydrogen (secondary N) is 2. The van der Waals surface area contributed by atoms with Crippen LogP contribution in [-0.2, 0) is 0 Å². The number of pyridine rings is 1. The van der Waals surface area contributed by atoms with Crippen molar-refractivity contribution in [2.45, 2.75) is 6.92 Å². The van der Waals surface area contributed by atoms with Crippen LogP contribution in [0.3, 0.4) is 0 Å². The summed E-state index contributed by atoms with van der Waals surface area (Å²) in [6.07, 6.45) is 1.53. The molecule has 0 radical (unpaired) electrons. The molecule has 3 rings (SSSR count). The van der Waals surface area contributed by atoms with E-state index in [2.05, 4.69) is 15.6 Å². The van der Waals surface area contributed by atoms with E-state index in [0.29, 0.717) is 18.0 Å². The fraction of sp³-hybridized carbons (Fsp3) is 0.100. The topological polar surface area (TPSA) is 63.2 Å². The van der Waals surface area contributed by atoms with Crippen molar-refractivity contribution >= 4 is 34.6 Å². The first-order valence-corrected chi connectivity index (χ1v) is 8.65. The zero-order valence-corrected chi connectivity index (χ0v) is 15.3. The SMILES string of the molecule is CCOc1ccc(Nc2ccnc(C(=O)Nc3ccc(F)c(Cl)c3)c2)cc1. The molecule has 0 aliphatic rings. The zero-order chi connectivity index (χ0) is 19.2. The predicted molar refractivity (Wildman–Crippen MR) is 104 cm³/mol. The highest BCUT2D eigenvalue weighted by molar-refractivity contribution is 6.31. The molecule has 5 nitrogen and oxygen atoms in total. The van der Waals surface area contributed by atoms with Gasteiger partial charge >= 0.3 is 0 Å². The van der Waals surface area contributed by atoms with Crippen molar-refractivity contribution < 1.29 is 13.9 Å². The molecule has 0 aliphatic heterocycles. The molecule has 3 aromatic rings. The molecule has 138 valence electrons. The maximum atomic E-state index is 13.2. The zero-order valence-electron chi connectivity index (χ0n) is 14.5. The second-order valence-corrected chi connectivity index (χ2v) is 6.00. The van der Waals surface area contributed by atoms with Gasteiger partial charge in [-0.3, -0.25) is 9.78 Å². The summed E-state index contributed by atoms with van der Waals surface area (Å²) in [7, 11) is 0. The number of carbonyl (C=O) groups excluding carboxylic acids is 1. The predicted octanol–water partition coefficient (Wildman–Crippen LogP) is 5.27. The second kappa shape index (κ2) is 8.51. The summed E-state index contributed by atoms with van der Waals surface area (Å²) in [5.41, 5.74) is 2.15. The molecule has 27 heavy (non-hydrogen) atoms. The van der Waals surface area contributed by atoms with Gasteiger partial charge in [0.25, 0.3) is 5.91 Å². The van der Waals surface area contributed by atoms with Crippen molar-refractivity contribution in [3.63, 3.8) is 0 Å². The maximum absolute atomic E-state index is 13.2. The Kier molecular flexibility index (Phi) is 5.88. The lowest BCUT2D eigenvalue weighted by Gasteiger charge is -2.10. The monoisotopic (exact) mass is 385 g/mol. The molecule has 0 fully saturated rings. The van der Waals surface area contributed by atoms with Gasteiger partial charge < -0.3 is 15.4 Å². The Balaban J connectivity index is 1.70. The van der Waals surface area contributed by atoms with Gasteiger partial charge in [0.1, 0.15) is 17.3 Å². The number of benzene rings is 2. The molecule has 0 bridgehead atoms. The highest BCUT2D eigenvalue weighted by atomic mass is 35.5. The molecule has 7 heteroatoms. The smallest absolute Gasteiger partial charge is 0.274 e. The molecule has 0 unspecified atom stereocenters. The number of amides is 1. The third-order valence-electron chi connectivity index (χ3n) is 3.62. The lowest BCUT2D eigenvalue weighted by Crippen LogP contribution is -2.13. The van der Waals surface area contributed by atoms with E-state index >= 15 is 0 Å². The van der Waals surface area contributed by atoms with Crippen LogP contribution in [0, 0.1) is 5.82 Å². The van der Waals surface area contributed by atoms with E-state index in [1.807, 2.05) is 31.2 Å². The Morgan fingerprint density at radius 1 is 1.07 bits per heavy atom. The first-order valence-electron chi connectivity index (χ1n) is 8.27. The summed E-state index contributed by atoms with van der Waals surface area (Å²) in [6, 6.07) is 14.8. The summed E-state index contributed by atoms with van der Waals surface area (Å²) >= 11 is 5.73. The number of hydrogen-bond donors (Lipinski definition) is 2. The first-order chi connectivity index (χ1) is 13.0. The Bertz CT molecular complexity index is 948. The number of halogens is 2. The second-order valence-electron chi connectivity index (χ2n) is 5.60. The van der Waals surface area contributed by atoms with E-state index in [1.54, 1.807) is 12.1 Å². The minimum absolute atomic E-state index is 0.0633. The summed E-state index contributed by atoms with van der Waals surface area (Å²) in [5, 5.41) is 5.78. The number of ether oxygens (including phenoxy) is 1. The Morgan fingerprint density at radius 2 is 1.81 bits per heavy atom. The Labute approximate surface area is 161 Å². The third kappa shape index (κ3) is 4.95. The van der Waals surface area contributed by atoms with Crippen molar-refractivity contribution in [3.8, 4) is 5.75 Å². The fourth-order valence-corrected chi connectivity index (χ4v) is 2.55. The molecule has 0 atom stereocenters. The van der Waals surface area contributed by atoms with Crippen LogP contribution in [-0.4, -0.2) is 17.5 Å². The van der Waals surface area contributed by atoms with E-state index in [0.717, 1.165) is 11.4 Å². The standard InChI is InChI=1S/C20H17ClFN3O2/c1-2-27-16-6-3-13(4-7-16)24-15-9-10-23-19(12-15)20(26)25-14-5-8-18(22)17(21)11-14/h3-12H,2H2,1H3,(H,23,24)(H,25,26). The van der Waals surface area contributed by atoms with Crippen LogP contribution in [0.4, 0.5) is 21.5 Å². The number of aromatic nitrogens is 1. The Morgan fingerprint density at radius 3 is 2.52 bits per heavy atom. The largest absolute Gasteiger partial charge is 0.494 e. The first kappa shape index (κ1) is 18.7. The van der Waals surface area contributed by atoms with Crippen LogP contribution in [0.2, 0.25) is 5.02 Å². The van der Waals surface area contributed by atoms with Crippen LogP contribution in [0.25, 0.3) is 0 Å². The molecule has 1 heterocycles. The van der Waals surface area contributed by atoms with E-state index in [1.165, 1.54) is 24.4 Å². The number of anilines is 3. The Hall–Kier alpha value is -3.12. The van der Waals surface area contributed by atoms with Crippen LogP contribution < -0.4 is 15.4 Å². The van der Waals surface area contributed by atoms with Crippen molar-refractivity contribution in [1.29, 1.82) is 0 Å². The fourth-order valence-electron chi connectivity index (χ4n) is 2.37.